The summed E-state index contributed by atoms with van der Waals surface area (Å²) in [6.45, 7) is 3.80. The van der Waals surface area contributed by atoms with E-state index in [1.807, 2.05) is 31.3 Å². The van der Waals surface area contributed by atoms with Crippen molar-refractivity contribution in [1.29, 1.82) is 0 Å². The number of likely N-dealkylation sites (tertiary alicyclic amines) is 1. The van der Waals surface area contributed by atoms with Crippen LogP contribution in [0.25, 0.3) is 5.69 Å². The van der Waals surface area contributed by atoms with Crippen LogP contribution in [0.2, 0.25) is 5.02 Å². The van der Waals surface area contributed by atoms with Crippen LogP contribution in [0.5, 0.6) is 0 Å². The summed E-state index contributed by atoms with van der Waals surface area (Å²) in [6, 6.07) is 7.34. The minimum atomic E-state index is -0.120. The van der Waals surface area contributed by atoms with Crippen LogP contribution in [0, 0.1) is 5.92 Å². The zero-order valence-corrected chi connectivity index (χ0v) is 17.4. The predicted molar refractivity (Wildman–Crippen MR) is 114 cm³/mol. The number of carbonyl (C=O) groups excluding carboxylic acids is 2. The summed E-state index contributed by atoms with van der Waals surface area (Å²) in [5, 5.41) is 11.9. The van der Waals surface area contributed by atoms with Gasteiger partial charge >= 0.3 is 0 Å². The van der Waals surface area contributed by atoms with Gasteiger partial charge in [-0.2, -0.15) is 10.2 Å². The van der Waals surface area contributed by atoms with Crippen LogP contribution in [-0.4, -0.2) is 49.4 Å². The monoisotopic (exact) mass is 426 g/mol. The molecule has 1 N–H and O–H groups in total. The van der Waals surface area contributed by atoms with Gasteiger partial charge in [-0.15, -0.1) is 0 Å². The Morgan fingerprint density at radius 1 is 1.13 bits per heavy atom. The number of rotatable bonds is 5. The Morgan fingerprint density at radius 3 is 2.60 bits per heavy atom. The van der Waals surface area contributed by atoms with Crippen molar-refractivity contribution in [2.45, 2.75) is 26.3 Å². The van der Waals surface area contributed by atoms with Crippen molar-refractivity contribution >= 4 is 29.1 Å². The van der Waals surface area contributed by atoms with E-state index in [0.717, 1.165) is 12.2 Å². The standard InChI is InChI=1S/C21H23ClN6O2/c1-2-27-14-17(12-23-27)25-20(29)15-7-9-26(10-8-15)21(30)16-11-24-28(13-16)19-6-4-3-5-18(19)22/h3-6,11-15H,2,7-10H2,1H3,(H,25,29). The van der Waals surface area contributed by atoms with E-state index >= 15 is 0 Å². The molecule has 1 aromatic carbocycles. The summed E-state index contributed by atoms with van der Waals surface area (Å²) in [5.74, 6) is -0.231. The first-order valence-electron chi connectivity index (χ1n) is 9.97. The number of nitrogens with zero attached hydrogens (tertiary/aromatic N) is 5. The Morgan fingerprint density at radius 2 is 1.90 bits per heavy atom. The molecule has 1 aliphatic heterocycles. The van der Waals surface area contributed by atoms with E-state index in [9.17, 15) is 9.59 Å². The number of para-hydroxylation sites is 1. The fourth-order valence-electron chi connectivity index (χ4n) is 3.58. The molecule has 0 saturated carbocycles. The first-order chi connectivity index (χ1) is 14.5. The predicted octanol–water partition coefficient (Wildman–Crippen LogP) is 3.23. The van der Waals surface area contributed by atoms with E-state index in [4.69, 9.17) is 11.6 Å². The van der Waals surface area contributed by atoms with Gasteiger partial charge in [0.05, 0.1) is 34.4 Å². The largest absolute Gasteiger partial charge is 0.339 e. The number of aryl methyl sites for hydroxylation is 1. The average Bonchev–Trinajstić information content (AvgIpc) is 3.43. The zero-order chi connectivity index (χ0) is 21.1. The Balaban J connectivity index is 1.34. The number of hydrogen-bond acceptors (Lipinski definition) is 4. The minimum absolute atomic E-state index is 0.0238. The first kappa shape index (κ1) is 20.2. The summed E-state index contributed by atoms with van der Waals surface area (Å²) in [7, 11) is 0. The molecule has 3 heterocycles. The maximum absolute atomic E-state index is 12.9. The fraction of sp³-hybridized carbons (Fsp3) is 0.333. The van der Waals surface area contributed by atoms with Crippen LogP contribution in [0.15, 0.2) is 49.1 Å². The second kappa shape index (κ2) is 8.71. The van der Waals surface area contributed by atoms with Gasteiger partial charge in [-0.25, -0.2) is 4.68 Å². The van der Waals surface area contributed by atoms with E-state index in [1.54, 1.807) is 38.9 Å². The molecule has 0 unspecified atom stereocenters. The molecule has 4 rings (SSSR count). The average molecular weight is 427 g/mol. The highest BCUT2D eigenvalue weighted by Crippen LogP contribution is 2.23. The van der Waals surface area contributed by atoms with Gasteiger partial charge in [0, 0.05) is 37.9 Å². The molecule has 1 fully saturated rings. The number of amides is 2. The third-order valence-corrected chi connectivity index (χ3v) is 5.63. The smallest absolute Gasteiger partial charge is 0.257 e. The van der Waals surface area contributed by atoms with Gasteiger partial charge in [-0.3, -0.25) is 14.3 Å². The lowest BCUT2D eigenvalue weighted by Crippen LogP contribution is -2.41. The molecule has 0 aliphatic carbocycles. The van der Waals surface area contributed by atoms with Crippen LogP contribution in [-0.2, 0) is 11.3 Å². The van der Waals surface area contributed by atoms with Crippen molar-refractivity contribution in [3.05, 3.63) is 59.6 Å². The maximum atomic E-state index is 12.9. The van der Waals surface area contributed by atoms with E-state index < -0.39 is 0 Å². The molecule has 1 aliphatic rings. The number of hydrogen-bond donors (Lipinski definition) is 1. The minimum Gasteiger partial charge on any atom is -0.339 e. The molecule has 0 bridgehead atoms. The number of nitrogens with one attached hydrogen (secondary N) is 1. The first-order valence-corrected chi connectivity index (χ1v) is 10.3. The van der Waals surface area contributed by atoms with E-state index in [-0.39, 0.29) is 17.7 Å². The van der Waals surface area contributed by atoms with Crippen LogP contribution in [0.3, 0.4) is 0 Å². The molecule has 0 atom stereocenters. The molecule has 30 heavy (non-hydrogen) atoms. The third kappa shape index (κ3) is 4.23. The number of piperidine rings is 1. The van der Waals surface area contributed by atoms with Crippen LogP contribution in [0.1, 0.15) is 30.1 Å². The van der Waals surface area contributed by atoms with Crippen LogP contribution in [0.4, 0.5) is 5.69 Å². The normalized spacial score (nSPS) is 14.7. The lowest BCUT2D eigenvalue weighted by atomic mass is 9.95. The Hall–Kier alpha value is -3.13. The van der Waals surface area contributed by atoms with Crippen molar-refractivity contribution < 1.29 is 9.59 Å². The van der Waals surface area contributed by atoms with Crippen LogP contribution < -0.4 is 5.32 Å². The van der Waals surface area contributed by atoms with Crippen molar-refractivity contribution in [2.75, 3.05) is 18.4 Å². The number of carbonyl (C=O) groups is 2. The molecule has 8 nitrogen and oxygen atoms in total. The number of benzene rings is 1. The van der Waals surface area contributed by atoms with Gasteiger partial charge in [0.15, 0.2) is 0 Å². The van der Waals surface area contributed by atoms with Gasteiger partial charge < -0.3 is 10.2 Å². The zero-order valence-electron chi connectivity index (χ0n) is 16.7. The van der Waals surface area contributed by atoms with Crippen LogP contribution >= 0.6 is 11.6 Å². The SMILES string of the molecule is CCn1cc(NC(=O)C2CCN(C(=O)c3cnn(-c4ccccc4Cl)c3)CC2)cn1. The quantitative estimate of drug-likeness (QED) is 0.678. The number of anilines is 1. The molecule has 0 spiro atoms. The van der Waals surface area contributed by atoms with Gasteiger partial charge in [0.1, 0.15) is 0 Å². The highest BCUT2D eigenvalue weighted by Gasteiger charge is 2.28. The van der Waals surface area contributed by atoms with E-state index in [2.05, 4.69) is 15.5 Å². The molecule has 2 aromatic heterocycles. The van der Waals surface area contributed by atoms with Gasteiger partial charge in [-0.1, -0.05) is 23.7 Å². The highest BCUT2D eigenvalue weighted by molar-refractivity contribution is 6.32. The molecular formula is C21H23ClN6O2. The topological polar surface area (TPSA) is 85.0 Å². The Kier molecular flexibility index (Phi) is 5.85. The molecule has 9 heteroatoms. The maximum Gasteiger partial charge on any atom is 0.257 e. The summed E-state index contributed by atoms with van der Waals surface area (Å²) >= 11 is 6.21. The number of aromatic nitrogens is 4. The highest BCUT2D eigenvalue weighted by atomic mass is 35.5. The van der Waals surface area contributed by atoms with Crippen molar-refractivity contribution in [3.8, 4) is 5.69 Å². The number of halogens is 1. The lowest BCUT2D eigenvalue weighted by Gasteiger charge is -2.31. The summed E-state index contributed by atoms with van der Waals surface area (Å²) in [6.07, 6.45) is 7.95. The second-order valence-corrected chi connectivity index (χ2v) is 7.67. The summed E-state index contributed by atoms with van der Waals surface area (Å²) < 4.78 is 3.37. The Bertz CT molecular complexity index is 1050. The molecular weight excluding hydrogens is 404 g/mol. The van der Waals surface area contributed by atoms with E-state index in [0.29, 0.717) is 42.2 Å². The molecule has 2 amide bonds. The van der Waals surface area contributed by atoms with Crippen molar-refractivity contribution in [3.63, 3.8) is 0 Å². The second-order valence-electron chi connectivity index (χ2n) is 7.27. The molecule has 0 radical (unpaired) electrons. The summed E-state index contributed by atoms with van der Waals surface area (Å²) in [4.78, 5) is 27.2. The van der Waals surface area contributed by atoms with Gasteiger partial charge in [-0.05, 0) is 31.9 Å². The third-order valence-electron chi connectivity index (χ3n) is 5.31. The molecule has 3 aromatic rings. The fourth-order valence-corrected chi connectivity index (χ4v) is 3.80. The molecule has 1 saturated heterocycles. The van der Waals surface area contributed by atoms with Crippen molar-refractivity contribution in [2.24, 2.45) is 5.92 Å². The van der Waals surface area contributed by atoms with Gasteiger partial charge in [0.25, 0.3) is 5.91 Å². The lowest BCUT2D eigenvalue weighted by molar-refractivity contribution is -0.121. The van der Waals surface area contributed by atoms with Gasteiger partial charge in [0.2, 0.25) is 5.91 Å². The van der Waals surface area contributed by atoms with E-state index in [1.165, 1.54) is 0 Å². The Labute approximate surface area is 179 Å². The molecule has 156 valence electrons. The van der Waals surface area contributed by atoms with Crippen molar-refractivity contribution in [1.82, 2.24) is 24.5 Å². The summed E-state index contributed by atoms with van der Waals surface area (Å²) in [5.41, 5.74) is 1.93.